The highest BCUT2D eigenvalue weighted by molar-refractivity contribution is 5.98. The van der Waals surface area contributed by atoms with Crippen molar-refractivity contribution in [2.45, 2.75) is 50.6 Å². The SMILES string of the molecule is CCOCCn1c(NC2CCN(CCC3(c4ccccc4)CCN(C(=O)c4cc(OC)c(OC)cc4OC)C3)CC2)nc2ccccc21. The van der Waals surface area contributed by atoms with E-state index in [4.69, 9.17) is 23.9 Å². The lowest BCUT2D eigenvalue weighted by Crippen LogP contribution is -2.42. The summed E-state index contributed by atoms with van der Waals surface area (Å²) in [5.41, 5.74) is 3.80. The molecule has 10 heteroatoms. The largest absolute Gasteiger partial charge is 0.496 e. The van der Waals surface area contributed by atoms with Gasteiger partial charge in [-0.1, -0.05) is 42.5 Å². The number of methoxy groups -OCH3 is 3. The van der Waals surface area contributed by atoms with Gasteiger partial charge in [-0.15, -0.1) is 0 Å². The summed E-state index contributed by atoms with van der Waals surface area (Å²) < 4.78 is 24.5. The number of piperidine rings is 1. The highest BCUT2D eigenvalue weighted by Gasteiger charge is 2.42. The first-order chi connectivity index (χ1) is 23.5. The summed E-state index contributed by atoms with van der Waals surface area (Å²) in [6, 6.07) is 22.9. The summed E-state index contributed by atoms with van der Waals surface area (Å²) in [6.45, 7) is 8.54. The molecule has 256 valence electrons. The molecule has 1 aromatic heterocycles. The molecule has 2 aliphatic rings. The first-order valence-electron chi connectivity index (χ1n) is 17.1. The lowest BCUT2D eigenvalue weighted by atomic mass is 9.76. The van der Waals surface area contributed by atoms with E-state index in [1.807, 2.05) is 17.9 Å². The molecule has 48 heavy (non-hydrogen) atoms. The minimum absolute atomic E-state index is 0.0511. The smallest absolute Gasteiger partial charge is 0.257 e. The van der Waals surface area contributed by atoms with E-state index in [9.17, 15) is 4.79 Å². The molecule has 1 amide bonds. The lowest BCUT2D eigenvalue weighted by molar-refractivity contribution is 0.0776. The summed E-state index contributed by atoms with van der Waals surface area (Å²) in [7, 11) is 4.73. The summed E-state index contributed by atoms with van der Waals surface area (Å²) in [4.78, 5) is 23.5. The molecule has 0 aliphatic carbocycles. The Morgan fingerprint density at radius 1 is 0.896 bits per heavy atom. The molecule has 0 radical (unpaired) electrons. The Bertz CT molecular complexity index is 1670. The average molecular weight is 656 g/mol. The number of nitrogens with one attached hydrogen (secondary N) is 1. The van der Waals surface area contributed by atoms with E-state index in [0.29, 0.717) is 55.2 Å². The van der Waals surface area contributed by atoms with Gasteiger partial charge in [0, 0.05) is 62.9 Å². The van der Waals surface area contributed by atoms with Gasteiger partial charge in [0.2, 0.25) is 5.95 Å². The van der Waals surface area contributed by atoms with Crippen LogP contribution in [0.15, 0.2) is 66.7 Å². The molecule has 4 aromatic rings. The number of para-hydroxylation sites is 2. The molecule has 1 unspecified atom stereocenters. The quantitative estimate of drug-likeness (QED) is 0.169. The van der Waals surface area contributed by atoms with Crippen molar-refractivity contribution in [3.63, 3.8) is 0 Å². The number of rotatable bonds is 14. The number of anilines is 1. The van der Waals surface area contributed by atoms with E-state index in [-0.39, 0.29) is 11.3 Å². The van der Waals surface area contributed by atoms with Crippen LogP contribution in [0.5, 0.6) is 17.2 Å². The number of aromatic nitrogens is 2. The zero-order valence-corrected chi connectivity index (χ0v) is 28.7. The van der Waals surface area contributed by atoms with Gasteiger partial charge in [0.25, 0.3) is 5.91 Å². The molecule has 2 fully saturated rings. The van der Waals surface area contributed by atoms with Crippen molar-refractivity contribution in [2.24, 2.45) is 0 Å². The maximum Gasteiger partial charge on any atom is 0.257 e. The third-order valence-electron chi connectivity index (χ3n) is 10.1. The van der Waals surface area contributed by atoms with Gasteiger partial charge in [-0.25, -0.2) is 4.98 Å². The van der Waals surface area contributed by atoms with E-state index >= 15 is 0 Å². The number of carbonyl (C=O) groups excluding carboxylic acids is 1. The molecule has 10 nitrogen and oxygen atoms in total. The van der Waals surface area contributed by atoms with E-state index in [2.05, 4.69) is 63.3 Å². The van der Waals surface area contributed by atoms with Gasteiger partial charge in [0.15, 0.2) is 11.5 Å². The van der Waals surface area contributed by atoms with Crippen molar-refractivity contribution >= 4 is 22.9 Å². The number of amides is 1. The van der Waals surface area contributed by atoms with E-state index in [1.54, 1.807) is 33.5 Å². The number of hydrogen-bond acceptors (Lipinski definition) is 8. The van der Waals surface area contributed by atoms with Crippen LogP contribution in [0.3, 0.4) is 0 Å². The van der Waals surface area contributed by atoms with Gasteiger partial charge < -0.3 is 38.6 Å². The molecule has 1 atom stereocenters. The van der Waals surface area contributed by atoms with Gasteiger partial charge in [-0.3, -0.25) is 4.79 Å². The maximum atomic E-state index is 14.0. The Morgan fingerprint density at radius 3 is 2.33 bits per heavy atom. The minimum atomic E-state index is -0.124. The number of carbonyl (C=O) groups is 1. The normalized spacial score (nSPS) is 18.7. The van der Waals surface area contributed by atoms with Gasteiger partial charge in [0.1, 0.15) is 5.75 Å². The van der Waals surface area contributed by atoms with Crippen LogP contribution in [-0.4, -0.2) is 98.6 Å². The van der Waals surface area contributed by atoms with Crippen molar-refractivity contribution in [2.75, 3.05) is 72.6 Å². The molecule has 0 spiro atoms. The van der Waals surface area contributed by atoms with Crippen LogP contribution in [-0.2, 0) is 16.7 Å². The lowest BCUT2D eigenvalue weighted by Gasteiger charge is -2.36. The summed E-state index contributed by atoms with van der Waals surface area (Å²) in [6.07, 6.45) is 4.00. The van der Waals surface area contributed by atoms with Crippen LogP contribution in [0.4, 0.5) is 5.95 Å². The van der Waals surface area contributed by atoms with Crippen LogP contribution in [0.25, 0.3) is 11.0 Å². The number of ether oxygens (including phenoxy) is 4. The second-order valence-electron chi connectivity index (χ2n) is 12.8. The molecule has 0 saturated carbocycles. The topological polar surface area (TPSA) is 90.3 Å². The molecular formula is C38H49N5O5. The standard InChI is InChI=1S/C38H49N5O5/c1-5-48-24-23-43-32-14-10-9-13-31(32)40-37(43)39-29-15-19-41(20-16-29)21-17-38(28-11-7-6-8-12-28)18-22-42(27-38)36(44)30-25-34(46-3)35(47-4)26-33(30)45-2/h6-14,25-26,29H,5,15-24,27H2,1-4H3,(H,39,40). The van der Waals surface area contributed by atoms with E-state index in [1.165, 1.54) is 5.56 Å². The summed E-state index contributed by atoms with van der Waals surface area (Å²) >= 11 is 0. The fourth-order valence-electron chi connectivity index (χ4n) is 7.36. The van der Waals surface area contributed by atoms with E-state index in [0.717, 1.165) is 68.8 Å². The van der Waals surface area contributed by atoms with Gasteiger partial charge in [0.05, 0.1) is 44.5 Å². The number of nitrogens with zero attached hydrogens (tertiary/aromatic N) is 4. The second kappa shape index (κ2) is 15.3. The second-order valence-corrected chi connectivity index (χ2v) is 12.8. The monoisotopic (exact) mass is 655 g/mol. The summed E-state index contributed by atoms with van der Waals surface area (Å²) in [5.74, 6) is 2.40. The highest BCUT2D eigenvalue weighted by atomic mass is 16.5. The molecule has 3 heterocycles. The number of fused-ring (bicyclic) bond motifs is 1. The van der Waals surface area contributed by atoms with E-state index < -0.39 is 0 Å². The Labute approximate surface area is 283 Å². The number of imidazole rings is 1. The Balaban J connectivity index is 1.11. The first kappa shape index (κ1) is 33.6. The van der Waals surface area contributed by atoms with Crippen LogP contribution in [0.1, 0.15) is 48.5 Å². The van der Waals surface area contributed by atoms with Crippen molar-refractivity contribution < 1.29 is 23.7 Å². The Hall–Kier alpha value is -4.28. The van der Waals surface area contributed by atoms with Crippen LogP contribution in [0, 0.1) is 0 Å². The molecule has 3 aromatic carbocycles. The van der Waals surface area contributed by atoms with Gasteiger partial charge in [-0.05, 0) is 56.8 Å². The molecule has 1 N–H and O–H groups in total. The molecular weight excluding hydrogens is 606 g/mol. The van der Waals surface area contributed by atoms with Gasteiger partial charge in [-0.2, -0.15) is 0 Å². The average Bonchev–Trinajstić information content (AvgIpc) is 3.73. The van der Waals surface area contributed by atoms with Gasteiger partial charge >= 0.3 is 0 Å². The van der Waals surface area contributed by atoms with Crippen LogP contribution >= 0.6 is 0 Å². The fourth-order valence-corrected chi connectivity index (χ4v) is 7.36. The fraction of sp³-hybridized carbons (Fsp3) is 0.474. The summed E-state index contributed by atoms with van der Waals surface area (Å²) in [5, 5.41) is 3.77. The molecule has 6 rings (SSSR count). The third-order valence-corrected chi connectivity index (χ3v) is 10.1. The highest BCUT2D eigenvalue weighted by Crippen LogP contribution is 2.41. The zero-order valence-electron chi connectivity index (χ0n) is 28.7. The number of likely N-dealkylation sites (tertiary alicyclic amines) is 2. The molecule has 2 saturated heterocycles. The Kier molecular flexibility index (Phi) is 10.7. The van der Waals surface area contributed by atoms with Crippen LogP contribution in [0.2, 0.25) is 0 Å². The number of benzene rings is 3. The predicted molar refractivity (Wildman–Crippen MR) is 189 cm³/mol. The van der Waals surface area contributed by atoms with Crippen molar-refractivity contribution in [3.8, 4) is 17.2 Å². The minimum Gasteiger partial charge on any atom is -0.496 e. The van der Waals surface area contributed by atoms with Crippen molar-refractivity contribution in [3.05, 3.63) is 77.9 Å². The maximum absolute atomic E-state index is 14.0. The Morgan fingerprint density at radius 2 is 1.60 bits per heavy atom. The predicted octanol–water partition coefficient (Wildman–Crippen LogP) is 5.85. The first-order valence-corrected chi connectivity index (χ1v) is 17.1. The van der Waals surface area contributed by atoms with Crippen LogP contribution < -0.4 is 19.5 Å². The molecule has 2 aliphatic heterocycles. The number of hydrogen-bond donors (Lipinski definition) is 1. The molecule has 0 bridgehead atoms. The zero-order chi connectivity index (χ0) is 33.5. The van der Waals surface area contributed by atoms with Crippen molar-refractivity contribution in [1.29, 1.82) is 0 Å². The van der Waals surface area contributed by atoms with Crippen molar-refractivity contribution in [1.82, 2.24) is 19.4 Å². The third kappa shape index (κ3) is 7.10.